The van der Waals surface area contributed by atoms with Gasteiger partial charge in [-0.25, -0.2) is 18.1 Å². The highest BCUT2D eigenvalue weighted by molar-refractivity contribution is 7.89. The van der Waals surface area contributed by atoms with Gasteiger partial charge in [0.25, 0.3) is 10.0 Å². The molecular formula is C10H14ClN3O2S. The van der Waals surface area contributed by atoms with Crippen molar-refractivity contribution in [2.24, 2.45) is 0 Å². The second-order valence-electron chi connectivity index (χ2n) is 3.95. The Morgan fingerprint density at radius 2 is 2.35 bits per heavy atom. The Hall–Kier alpha value is -0.690. The summed E-state index contributed by atoms with van der Waals surface area (Å²) in [6, 6.07) is 3.03. The van der Waals surface area contributed by atoms with Crippen LogP contribution in [0.4, 0.5) is 0 Å². The highest BCUT2D eigenvalue weighted by atomic mass is 35.5. The molecule has 0 bridgehead atoms. The van der Waals surface area contributed by atoms with Crippen LogP contribution in [0.5, 0.6) is 0 Å². The molecule has 17 heavy (non-hydrogen) atoms. The molecular weight excluding hydrogens is 262 g/mol. The molecule has 7 heteroatoms. The van der Waals surface area contributed by atoms with Crippen molar-refractivity contribution in [1.29, 1.82) is 0 Å². The number of nitrogens with zero attached hydrogens (tertiary/aromatic N) is 1. The fourth-order valence-corrected chi connectivity index (χ4v) is 3.50. The van der Waals surface area contributed by atoms with Gasteiger partial charge in [0.05, 0.1) is 5.02 Å². The lowest BCUT2D eigenvalue weighted by molar-refractivity contribution is 0.428. The molecule has 1 atom stereocenters. The van der Waals surface area contributed by atoms with E-state index in [1.807, 2.05) is 0 Å². The minimum atomic E-state index is -3.62. The van der Waals surface area contributed by atoms with E-state index in [0.29, 0.717) is 6.54 Å². The summed E-state index contributed by atoms with van der Waals surface area (Å²) in [5.41, 5.74) is 0. The zero-order valence-corrected chi connectivity index (χ0v) is 10.8. The Labute approximate surface area is 106 Å². The summed E-state index contributed by atoms with van der Waals surface area (Å²) in [5, 5.41) is 3.18. The van der Waals surface area contributed by atoms with E-state index < -0.39 is 10.0 Å². The van der Waals surface area contributed by atoms with Gasteiger partial charge in [-0.05, 0) is 31.5 Å². The lowest BCUT2D eigenvalue weighted by atomic mass is 10.1. The largest absolute Gasteiger partial charge is 0.315 e. The highest BCUT2D eigenvalue weighted by Crippen LogP contribution is 2.18. The molecule has 2 heterocycles. The molecule has 1 aliphatic heterocycles. The Morgan fingerprint density at radius 1 is 1.53 bits per heavy atom. The molecule has 1 saturated heterocycles. The molecule has 0 spiro atoms. The minimum absolute atomic E-state index is 0.0909. The van der Waals surface area contributed by atoms with Gasteiger partial charge in [0.15, 0.2) is 5.03 Å². The van der Waals surface area contributed by atoms with E-state index in [4.69, 9.17) is 11.6 Å². The highest BCUT2D eigenvalue weighted by Gasteiger charge is 2.24. The summed E-state index contributed by atoms with van der Waals surface area (Å²) >= 11 is 5.83. The number of hydrogen-bond acceptors (Lipinski definition) is 4. The second kappa shape index (κ2) is 5.30. The topological polar surface area (TPSA) is 71.1 Å². The quantitative estimate of drug-likeness (QED) is 0.855. The zero-order chi connectivity index (χ0) is 12.3. The Balaban J connectivity index is 2.16. The molecule has 0 saturated carbocycles. The lowest BCUT2D eigenvalue weighted by Crippen LogP contribution is -2.45. The molecule has 1 unspecified atom stereocenters. The van der Waals surface area contributed by atoms with E-state index >= 15 is 0 Å². The van der Waals surface area contributed by atoms with Crippen molar-refractivity contribution in [2.75, 3.05) is 13.1 Å². The first-order valence-corrected chi connectivity index (χ1v) is 7.29. The van der Waals surface area contributed by atoms with Gasteiger partial charge in [-0.15, -0.1) is 0 Å². The SMILES string of the molecule is O=S(=O)(NC1CCCNC1)c1ncccc1Cl. The molecule has 2 rings (SSSR count). The van der Waals surface area contributed by atoms with Crippen LogP contribution in [0, 0.1) is 0 Å². The van der Waals surface area contributed by atoms with Crippen molar-refractivity contribution in [1.82, 2.24) is 15.0 Å². The van der Waals surface area contributed by atoms with Crippen LogP contribution in [-0.4, -0.2) is 32.5 Å². The van der Waals surface area contributed by atoms with Crippen molar-refractivity contribution in [2.45, 2.75) is 23.9 Å². The summed E-state index contributed by atoms with van der Waals surface area (Å²) in [6.07, 6.45) is 3.21. The molecule has 1 aliphatic rings. The number of halogens is 1. The normalized spacial score (nSPS) is 21.4. The van der Waals surface area contributed by atoms with Crippen molar-refractivity contribution in [3.8, 4) is 0 Å². The van der Waals surface area contributed by atoms with E-state index in [1.165, 1.54) is 12.3 Å². The van der Waals surface area contributed by atoms with Gasteiger partial charge in [-0.1, -0.05) is 11.6 Å². The van der Waals surface area contributed by atoms with Gasteiger partial charge in [-0.2, -0.15) is 0 Å². The smallest absolute Gasteiger partial charge is 0.259 e. The van der Waals surface area contributed by atoms with Gasteiger partial charge < -0.3 is 5.32 Å². The molecule has 0 aliphatic carbocycles. The number of rotatable bonds is 3. The third-order valence-corrected chi connectivity index (χ3v) is 4.49. The van der Waals surface area contributed by atoms with E-state index in [-0.39, 0.29) is 16.1 Å². The summed E-state index contributed by atoms with van der Waals surface area (Å²) in [4.78, 5) is 3.81. The van der Waals surface area contributed by atoms with Crippen LogP contribution in [0.3, 0.4) is 0 Å². The van der Waals surface area contributed by atoms with Gasteiger partial charge >= 0.3 is 0 Å². The summed E-state index contributed by atoms with van der Waals surface area (Å²) in [5.74, 6) is 0. The van der Waals surface area contributed by atoms with Crippen molar-refractivity contribution >= 4 is 21.6 Å². The van der Waals surface area contributed by atoms with Crippen LogP contribution in [0.1, 0.15) is 12.8 Å². The van der Waals surface area contributed by atoms with Crippen LogP contribution in [0.15, 0.2) is 23.4 Å². The molecule has 0 amide bonds. The van der Waals surface area contributed by atoms with E-state index in [9.17, 15) is 8.42 Å². The van der Waals surface area contributed by atoms with Gasteiger partial charge in [-0.3, -0.25) is 0 Å². The van der Waals surface area contributed by atoms with E-state index in [0.717, 1.165) is 19.4 Å². The first-order valence-electron chi connectivity index (χ1n) is 5.43. The number of hydrogen-bond donors (Lipinski definition) is 2. The van der Waals surface area contributed by atoms with Gasteiger partial charge in [0.2, 0.25) is 0 Å². The first kappa shape index (κ1) is 12.8. The molecule has 0 radical (unpaired) electrons. The lowest BCUT2D eigenvalue weighted by Gasteiger charge is -2.23. The second-order valence-corrected chi connectivity index (χ2v) is 5.99. The minimum Gasteiger partial charge on any atom is -0.315 e. The first-order chi connectivity index (χ1) is 8.09. The van der Waals surface area contributed by atoms with Crippen molar-refractivity contribution in [3.63, 3.8) is 0 Å². The predicted molar refractivity (Wildman–Crippen MR) is 65.5 cm³/mol. The summed E-state index contributed by atoms with van der Waals surface area (Å²) in [7, 11) is -3.62. The van der Waals surface area contributed by atoms with Crippen LogP contribution >= 0.6 is 11.6 Å². The molecule has 94 valence electrons. The third kappa shape index (κ3) is 3.16. The van der Waals surface area contributed by atoms with Gasteiger partial charge in [0, 0.05) is 18.8 Å². The fourth-order valence-electron chi connectivity index (χ4n) is 1.80. The van der Waals surface area contributed by atoms with Crippen LogP contribution in [-0.2, 0) is 10.0 Å². The molecule has 1 aromatic rings. The maximum Gasteiger partial charge on any atom is 0.259 e. The fraction of sp³-hybridized carbons (Fsp3) is 0.500. The van der Waals surface area contributed by atoms with E-state index in [2.05, 4.69) is 15.0 Å². The van der Waals surface area contributed by atoms with Crippen molar-refractivity contribution in [3.05, 3.63) is 23.4 Å². The molecule has 5 nitrogen and oxygen atoms in total. The maximum atomic E-state index is 12.0. The molecule has 2 N–H and O–H groups in total. The summed E-state index contributed by atoms with van der Waals surface area (Å²) in [6.45, 7) is 1.58. The van der Waals surface area contributed by atoms with Crippen LogP contribution in [0.2, 0.25) is 5.02 Å². The average molecular weight is 276 g/mol. The predicted octanol–water partition coefficient (Wildman–Crippen LogP) is 0.765. The monoisotopic (exact) mass is 275 g/mol. The standard InChI is InChI=1S/C10H14ClN3O2S/c11-9-4-2-6-13-10(9)17(15,16)14-8-3-1-5-12-7-8/h2,4,6,8,12,14H,1,3,5,7H2. The van der Waals surface area contributed by atoms with Crippen molar-refractivity contribution < 1.29 is 8.42 Å². The Morgan fingerprint density at radius 3 is 3.00 bits per heavy atom. The maximum absolute atomic E-state index is 12.0. The number of piperidine rings is 1. The zero-order valence-electron chi connectivity index (χ0n) is 9.19. The molecule has 1 aromatic heterocycles. The summed E-state index contributed by atoms with van der Waals surface area (Å²) < 4.78 is 26.7. The van der Waals surface area contributed by atoms with Crippen LogP contribution < -0.4 is 10.0 Å². The number of pyridine rings is 1. The van der Waals surface area contributed by atoms with Gasteiger partial charge in [0.1, 0.15) is 0 Å². The number of aromatic nitrogens is 1. The average Bonchev–Trinajstić information content (AvgIpc) is 2.30. The van der Waals surface area contributed by atoms with E-state index in [1.54, 1.807) is 6.07 Å². The molecule has 1 fully saturated rings. The molecule has 0 aromatic carbocycles. The third-order valence-electron chi connectivity index (χ3n) is 2.60. The Kier molecular flexibility index (Phi) is 3.98. The number of nitrogens with one attached hydrogen (secondary N) is 2. The Bertz CT molecular complexity index is 486. The van der Waals surface area contributed by atoms with Crippen LogP contribution in [0.25, 0.3) is 0 Å². The number of sulfonamides is 1.